The third kappa shape index (κ3) is 4.80. The molecule has 1 aromatic carbocycles. The van der Waals surface area contributed by atoms with Gasteiger partial charge in [0.2, 0.25) is 0 Å². The molecule has 1 N–H and O–H groups in total. The Morgan fingerprint density at radius 3 is 2.22 bits per heavy atom. The minimum Gasteiger partial charge on any atom is -0.475 e. The van der Waals surface area contributed by atoms with Crippen LogP contribution in [-0.2, 0) is 4.79 Å². The molecule has 1 atom stereocenters. The average molecular weight is 386 g/mol. The number of carbonyl (C=O) groups excluding carboxylic acids is 1. The van der Waals surface area contributed by atoms with E-state index in [0.717, 1.165) is 30.6 Å². The van der Waals surface area contributed by atoms with Gasteiger partial charge in [-0.15, -0.1) is 0 Å². The van der Waals surface area contributed by atoms with E-state index < -0.39 is 12.1 Å². The number of carboxylic acid groups (broad SMARTS) is 1. The number of halogens is 3. The van der Waals surface area contributed by atoms with Crippen molar-refractivity contribution in [2.24, 2.45) is 0 Å². The molecule has 0 aromatic heterocycles. The normalized spacial score (nSPS) is 22.7. The Morgan fingerprint density at radius 1 is 1.15 bits per heavy atom. The fourth-order valence-electron chi connectivity index (χ4n) is 3.68. The molecule has 0 saturated carbocycles. The zero-order valence-electron chi connectivity index (χ0n) is 15.8. The number of aliphatic carboxylic acids is 1. The Morgan fingerprint density at radius 2 is 1.78 bits per heavy atom. The molecule has 1 unspecified atom stereocenters. The third-order valence-corrected chi connectivity index (χ3v) is 5.42. The molecule has 1 amide bonds. The molecule has 1 spiro atoms. The number of piperidine rings is 1. The number of carbonyl (C=O) groups is 2. The second-order valence-corrected chi connectivity index (χ2v) is 7.35. The molecular weight excluding hydrogens is 361 g/mol. The second kappa shape index (κ2) is 7.88. The molecule has 2 heterocycles. The summed E-state index contributed by atoms with van der Waals surface area (Å²) in [7, 11) is 2.19. The van der Waals surface area contributed by atoms with E-state index in [1.54, 1.807) is 0 Å². The zero-order chi connectivity index (χ0) is 20.4. The number of likely N-dealkylation sites (N-methyl/N-ethyl adjacent to an activating group) is 1. The van der Waals surface area contributed by atoms with E-state index in [1.165, 1.54) is 24.9 Å². The van der Waals surface area contributed by atoms with Gasteiger partial charge in [-0.05, 0) is 51.8 Å². The van der Waals surface area contributed by atoms with Gasteiger partial charge in [0.15, 0.2) is 0 Å². The molecule has 150 valence electrons. The number of benzene rings is 1. The van der Waals surface area contributed by atoms with E-state index in [1.807, 2.05) is 19.1 Å². The van der Waals surface area contributed by atoms with E-state index >= 15 is 0 Å². The first-order valence-corrected chi connectivity index (χ1v) is 8.84. The summed E-state index contributed by atoms with van der Waals surface area (Å²) in [5.74, 6) is -2.55. The summed E-state index contributed by atoms with van der Waals surface area (Å²) in [5.41, 5.74) is 3.45. The molecule has 2 saturated heterocycles. The smallest absolute Gasteiger partial charge is 0.475 e. The maximum absolute atomic E-state index is 12.8. The molecule has 2 aliphatic rings. The fraction of sp³-hybridized carbons (Fsp3) is 0.579. The summed E-state index contributed by atoms with van der Waals surface area (Å²) in [5, 5.41) is 7.12. The lowest BCUT2D eigenvalue weighted by Crippen LogP contribution is -2.66. The van der Waals surface area contributed by atoms with Crippen LogP contribution < -0.4 is 0 Å². The Balaban J connectivity index is 0.000000321. The predicted octanol–water partition coefficient (Wildman–Crippen LogP) is 3.25. The minimum atomic E-state index is -5.08. The molecule has 0 aliphatic carbocycles. The van der Waals surface area contributed by atoms with Gasteiger partial charge in [-0.2, -0.15) is 13.2 Å². The van der Waals surface area contributed by atoms with Gasteiger partial charge >= 0.3 is 12.1 Å². The van der Waals surface area contributed by atoms with Gasteiger partial charge in [0.1, 0.15) is 0 Å². The highest BCUT2D eigenvalue weighted by Crippen LogP contribution is 2.37. The zero-order valence-corrected chi connectivity index (χ0v) is 15.8. The molecule has 2 aliphatic heterocycles. The Hall–Kier alpha value is -2.09. The predicted molar refractivity (Wildman–Crippen MR) is 94.7 cm³/mol. The van der Waals surface area contributed by atoms with Crippen molar-refractivity contribution in [1.29, 1.82) is 0 Å². The quantitative estimate of drug-likeness (QED) is 0.805. The molecule has 3 rings (SSSR count). The number of nitrogens with zero attached hydrogens (tertiary/aromatic N) is 2. The first-order valence-electron chi connectivity index (χ1n) is 8.84. The van der Waals surface area contributed by atoms with Crippen LogP contribution in [0.1, 0.15) is 40.7 Å². The van der Waals surface area contributed by atoms with Crippen molar-refractivity contribution < 1.29 is 27.9 Å². The maximum Gasteiger partial charge on any atom is 0.490 e. The summed E-state index contributed by atoms with van der Waals surface area (Å²) in [6, 6.07) is 6.12. The van der Waals surface area contributed by atoms with Crippen LogP contribution in [-0.4, -0.2) is 65.2 Å². The van der Waals surface area contributed by atoms with Gasteiger partial charge < -0.3 is 10.0 Å². The van der Waals surface area contributed by atoms with Crippen LogP contribution in [0.2, 0.25) is 0 Å². The van der Waals surface area contributed by atoms with Crippen molar-refractivity contribution in [3.8, 4) is 0 Å². The molecular formula is C19H25F3N2O3. The minimum absolute atomic E-state index is 0.210. The maximum atomic E-state index is 12.8. The van der Waals surface area contributed by atoms with E-state index in [4.69, 9.17) is 9.90 Å². The molecule has 27 heavy (non-hydrogen) atoms. The monoisotopic (exact) mass is 386 g/mol. The molecule has 2 fully saturated rings. The van der Waals surface area contributed by atoms with Crippen LogP contribution in [0.25, 0.3) is 0 Å². The lowest BCUT2D eigenvalue weighted by molar-refractivity contribution is -0.192. The Kier molecular flexibility index (Phi) is 6.19. The van der Waals surface area contributed by atoms with Crippen LogP contribution in [0.15, 0.2) is 18.2 Å². The number of alkyl halides is 3. The lowest BCUT2D eigenvalue weighted by Gasteiger charge is -2.55. The largest absolute Gasteiger partial charge is 0.490 e. The van der Waals surface area contributed by atoms with Crippen molar-refractivity contribution in [2.45, 2.75) is 44.8 Å². The number of likely N-dealkylation sites (tertiary alicyclic amines) is 2. The number of amides is 1. The summed E-state index contributed by atoms with van der Waals surface area (Å²) in [6.07, 6.45) is -1.48. The summed E-state index contributed by atoms with van der Waals surface area (Å²) in [6.45, 7) is 7.08. The number of rotatable bonds is 1. The Labute approximate surface area is 156 Å². The molecule has 5 nitrogen and oxygen atoms in total. The SMILES string of the molecule is Cc1ccc(C(=O)N2CCCC3(CCN3C)C2)c(C)c1.O=C(O)C(F)(F)F. The first kappa shape index (κ1) is 21.2. The van der Waals surface area contributed by atoms with Gasteiger partial charge in [-0.25, -0.2) is 4.79 Å². The molecule has 0 bridgehead atoms. The highest BCUT2D eigenvalue weighted by molar-refractivity contribution is 5.95. The van der Waals surface area contributed by atoms with E-state index in [2.05, 4.69) is 29.8 Å². The standard InChI is InChI=1S/C17H24N2O.C2HF3O2/c1-13-5-6-15(14(2)11-13)16(20)19-9-4-7-17(12-19)8-10-18(17)3;3-2(4,5)1(6)7/h5-6,11H,4,7-10,12H2,1-3H3;(H,6,7). The van der Waals surface area contributed by atoms with Crippen molar-refractivity contribution in [2.75, 3.05) is 26.7 Å². The van der Waals surface area contributed by atoms with Crippen molar-refractivity contribution in [3.05, 3.63) is 34.9 Å². The first-order chi connectivity index (χ1) is 12.5. The summed E-state index contributed by atoms with van der Waals surface area (Å²) in [4.78, 5) is 26.2. The topological polar surface area (TPSA) is 60.9 Å². The van der Waals surface area contributed by atoms with Crippen LogP contribution in [0.3, 0.4) is 0 Å². The lowest BCUT2D eigenvalue weighted by atomic mass is 9.78. The number of hydrogen-bond donors (Lipinski definition) is 1. The Bertz CT molecular complexity index is 721. The molecule has 1 aromatic rings. The van der Waals surface area contributed by atoms with Crippen LogP contribution >= 0.6 is 0 Å². The summed E-state index contributed by atoms with van der Waals surface area (Å²) >= 11 is 0. The van der Waals surface area contributed by atoms with E-state index in [0.29, 0.717) is 0 Å². The number of aryl methyl sites for hydroxylation is 2. The number of hydrogen-bond acceptors (Lipinski definition) is 3. The summed E-state index contributed by atoms with van der Waals surface area (Å²) < 4.78 is 31.7. The highest BCUT2D eigenvalue weighted by atomic mass is 19.4. The fourth-order valence-corrected chi connectivity index (χ4v) is 3.68. The van der Waals surface area contributed by atoms with Gasteiger partial charge in [-0.1, -0.05) is 17.7 Å². The van der Waals surface area contributed by atoms with Crippen molar-refractivity contribution in [3.63, 3.8) is 0 Å². The average Bonchev–Trinajstić information content (AvgIpc) is 2.59. The third-order valence-electron chi connectivity index (χ3n) is 5.42. The van der Waals surface area contributed by atoms with Gasteiger partial charge in [0.25, 0.3) is 5.91 Å². The van der Waals surface area contributed by atoms with Crippen LogP contribution in [0.5, 0.6) is 0 Å². The van der Waals surface area contributed by atoms with Gasteiger partial charge in [-0.3, -0.25) is 9.69 Å². The highest BCUT2D eigenvalue weighted by Gasteiger charge is 2.46. The number of carboxylic acids is 1. The molecule has 8 heteroatoms. The molecule has 0 radical (unpaired) electrons. The van der Waals surface area contributed by atoms with Crippen molar-refractivity contribution >= 4 is 11.9 Å². The van der Waals surface area contributed by atoms with Gasteiger partial charge in [0, 0.05) is 30.7 Å². The van der Waals surface area contributed by atoms with Crippen LogP contribution in [0.4, 0.5) is 13.2 Å². The van der Waals surface area contributed by atoms with E-state index in [-0.39, 0.29) is 11.4 Å². The van der Waals surface area contributed by atoms with Gasteiger partial charge in [0.05, 0.1) is 0 Å². The second-order valence-electron chi connectivity index (χ2n) is 7.35. The van der Waals surface area contributed by atoms with Crippen LogP contribution in [0, 0.1) is 13.8 Å². The van der Waals surface area contributed by atoms with E-state index in [9.17, 15) is 18.0 Å². The van der Waals surface area contributed by atoms with Crippen molar-refractivity contribution in [1.82, 2.24) is 9.80 Å².